The molecule has 31 heavy (non-hydrogen) atoms. The number of carbonyl (C=O) groups is 1. The van der Waals surface area contributed by atoms with Gasteiger partial charge < -0.3 is 19.3 Å². The average molecular weight is 436 g/mol. The Morgan fingerprint density at radius 3 is 2.55 bits per heavy atom. The molecule has 8 nitrogen and oxygen atoms in total. The Morgan fingerprint density at radius 2 is 1.90 bits per heavy atom. The molecule has 0 aliphatic carbocycles. The molecule has 1 aromatic carbocycles. The number of rotatable bonds is 9. The van der Waals surface area contributed by atoms with E-state index in [0.29, 0.717) is 24.0 Å². The number of hydrogen-bond donors (Lipinski definition) is 1. The topological polar surface area (TPSA) is 99.4 Å². The molecule has 0 unspecified atom stereocenters. The first kappa shape index (κ1) is 22.1. The zero-order chi connectivity index (χ0) is 22.3. The van der Waals surface area contributed by atoms with E-state index in [4.69, 9.17) is 9.26 Å². The lowest BCUT2D eigenvalue weighted by Crippen LogP contribution is -2.19. The number of hydrogen-bond acceptors (Lipinski definition) is 7. The Kier molecular flexibility index (Phi) is 7.06. The van der Waals surface area contributed by atoms with E-state index in [9.17, 15) is 18.0 Å². The Labute approximate surface area is 175 Å². The van der Waals surface area contributed by atoms with Gasteiger partial charge in [0.15, 0.2) is 6.61 Å². The third kappa shape index (κ3) is 6.98. The molecule has 1 amide bonds. The van der Waals surface area contributed by atoms with E-state index < -0.39 is 12.8 Å². The molecule has 0 radical (unpaired) electrons. The highest BCUT2D eigenvalue weighted by Gasteiger charge is 2.28. The number of anilines is 1. The molecule has 11 heteroatoms. The second-order valence-electron chi connectivity index (χ2n) is 6.31. The van der Waals surface area contributed by atoms with Crippen molar-refractivity contribution < 1.29 is 32.0 Å². The van der Waals surface area contributed by atoms with Crippen LogP contribution in [0.3, 0.4) is 0 Å². The van der Waals surface area contributed by atoms with Crippen LogP contribution in [0.2, 0.25) is 0 Å². The van der Waals surface area contributed by atoms with Crippen LogP contribution in [-0.2, 0) is 11.2 Å². The van der Waals surface area contributed by atoms with Gasteiger partial charge in [-0.2, -0.15) is 18.2 Å². The number of nitrogens with zero attached hydrogens (tertiary/aromatic N) is 3. The average Bonchev–Trinajstić information content (AvgIpc) is 3.21. The maximum absolute atomic E-state index is 12.1. The van der Waals surface area contributed by atoms with Gasteiger partial charge in [-0.15, -0.1) is 0 Å². The minimum atomic E-state index is -4.45. The maximum atomic E-state index is 12.1. The molecule has 1 N–H and O–H groups in total. The summed E-state index contributed by atoms with van der Waals surface area (Å²) in [6.07, 6.45) is -2.95. The molecule has 0 spiro atoms. The minimum Gasteiger partial charge on any atom is -0.494 e. The first-order valence-electron chi connectivity index (χ1n) is 9.33. The molecular weight excluding hydrogens is 417 g/mol. The number of benzene rings is 1. The summed E-state index contributed by atoms with van der Waals surface area (Å²) in [6, 6.07) is 9.85. The Morgan fingerprint density at radius 1 is 1.13 bits per heavy atom. The van der Waals surface area contributed by atoms with Crippen molar-refractivity contribution >= 4 is 11.6 Å². The van der Waals surface area contributed by atoms with Crippen molar-refractivity contribution in [2.75, 3.05) is 18.5 Å². The summed E-state index contributed by atoms with van der Waals surface area (Å²) < 4.78 is 51.4. The van der Waals surface area contributed by atoms with Crippen LogP contribution in [0.4, 0.5) is 18.9 Å². The van der Waals surface area contributed by atoms with Gasteiger partial charge in [0.2, 0.25) is 23.5 Å². The number of halogens is 3. The summed E-state index contributed by atoms with van der Waals surface area (Å²) in [5.74, 6) is 0.904. The number of nitrogens with one attached hydrogen (secondary N) is 1. The smallest absolute Gasteiger partial charge is 0.422 e. The molecule has 3 aromatic rings. The third-order valence-electron chi connectivity index (χ3n) is 3.86. The number of alkyl halides is 3. The van der Waals surface area contributed by atoms with Gasteiger partial charge in [-0.1, -0.05) is 5.16 Å². The summed E-state index contributed by atoms with van der Waals surface area (Å²) in [5.41, 5.74) is 1.08. The molecule has 2 aromatic heterocycles. The third-order valence-corrected chi connectivity index (χ3v) is 3.86. The molecule has 0 saturated carbocycles. The standard InChI is InChI=1S/C20H19F3N4O4/c1-2-29-15-6-3-13(4-7-15)19-26-18(31-27-19)10-8-16(28)25-14-5-9-17(24-11-14)30-12-20(21,22)23/h3-7,9,11H,2,8,10,12H2,1H3,(H,25,28). The van der Waals surface area contributed by atoms with Gasteiger partial charge in [-0.05, 0) is 37.3 Å². The van der Waals surface area contributed by atoms with E-state index in [-0.39, 0.29) is 24.6 Å². The van der Waals surface area contributed by atoms with Crippen LogP contribution in [0, 0.1) is 0 Å². The van der Waals surface area contributed by atoms with E-state index in [1.165, 1.54) is 18.3 Å². The number of ether oxygens (including phenoxy) is 2. The number of aryl methyl sites for hydroxylation is 1. The summed E-state index contributed by atoms with van der Waals surface area (Å²) in [7, 11) is 0. The predicted octanol–water partition coefficient (Wildman–Crippen LogP) is 4.04. The summed E-state index contributed by atoms with van der Waals surface area (Å²) in [5, 5.41) is 6.49. The van der Waals surface area contributed by atoms with Gasteiger partial charge in [0, 0.05) is 24.5 Å². The lowest BCUT2D eigenvalue weighted by atomic mass is 10.2. The second-order valence-corrected chi connectivity index (χ2v) is 6.31. The molecule has 0 aliphatic rings. The molecule has 164 valence electrons. The molecule has 0 saturated heterocycles. The Hall–Kier alpha value is -3.63. The van der Waals surface area contributed by atoms with E-state index in [2.05, 4.69) is 25.2 Å². The predicted molar refractivity (Wildman–Crippen MR) is 104 cm³/mol. The van der Waals surface area contributed by atoms with E-state index in [1.54, 1.807) is 24.3 Å². The lowest BCUT2D eigenvalue weighted by Gasteiger charge is -2.09. The summed E-state index contributed by atoms with van der Waals surface area (Å²) >= 11 is 0. The van der Waals surface area contributed by atoms with E-state index in [0.717, 1.165) is 11.3 Å². The van der Waals surface area contributed by atoms with Gasteiger partial charge in [-0.3, -0.25) is 4.79 Å². The van der Waals surface area contributed by atoms with Crippen LogP contribution in [0.15, 0.2) is 47.1 Å². The van der Waals surface area contributed by atoms with Crippen LogP contribution < -0.4 is 14.8 Å². The molecule has 3 rings (SSSR count). The van der Waals surface area contributed by atoms with Gasteiger partial charge in [0.1, 0.15) is 5.75 Å². The zero-order valence-electron chi connectivity index (χ0n) is 16.5. The molecular formula is C20H19F3N4O4. The fourth-order valence-electron chi connectivity index (χ4n) is 2.48. The van der Waals surface area contributed by atoms with Crippen molar-refractivity contribution in [1.82, 2.24) is 15.1 Å². The van der Waals surface area contributed by atoms with Gasteiger partial charge >= 0.3 is 6.18 Å². The van der Waals surface area contributed by atoms with Crippen LogP contribution in [-0.4, -0.2) is 40.4 Å². The summed E-state index contributed by atoms with van der Waals surface area (Å²) in [4.78, 5) is 20.1. The fraction of sp³-hybridized carbons (Fsp3) is 0.300. The maximum Gasteiger partial charge on any atom is 0.422 e. The number of aromatic nitrogens is 3. The molecule has 2 heterocycles. The molecule has 0 bridgehead atoms. The fourth-order valence-corrected chi connectivity index (χ4v) is 2.48. The largest absolute Gasteiger partial charge is 0.494 e. The van der Waals surface area contributed by atoms with E-state index >= 15 is 0 Å². The van der Waals surface area contributed by atoms with Crippen molar-refractivity contribution in [3.63, 3.8) is 0 Å². The first-order valence-corrected chi connectivity index (χ1v) is 9.33. The first-order chi connectivity index (χ1) is 14.8. The summed E-state index contributed by atoms with van der Waals surface area (Å²) in [6.45, 7) is 1.03. The van der Waals surface area contributed by atoms with Crippen molar-refractivity contribution in [2.45, 2.75) is 25.9 Å². The quantitative estimate of drug-likeness (QED) is 0.540. The molecule has 0 aliphatic heterocycles. The van der Waals surface area contributed by atoms with Gasteiger partial charge in [-0.25, -0.2) is 4.98 Å². The van der Waals surface area contributed by atoms with Crippen molar-refractivity contribution in [1.29, 1.82) is 0 Å². The van der Waals surface area contributed by atoms with Crippen LogP contribution in [0.5, 0.6) is 11.6 Å². The van der Waals surface area contributed by atoms with Crippen molar-refractivity contribution in [3.05, 3.63) is 48.5 Å². The van der Waals surface area contributed by atoms with Crippen LogP contribution in [0.25, 0.3) is 11.4 Å². The van der Waals surface area contributed by atoms with Gasteiger partial charge in [0.05, 0.1) is 18.5 Å². The normalized spacial score (nSPS) is 11.2. The Bertz CT molecular complexity index is 989. The molecule has 0 atom stereocenters. The van der Waals surface area contributed by atoms with E-state index in [1.807, 2.05) is 6.92 Å². The van der Waals surface area contributed by atoms with Crippen molar-refractivity contribution in [2.24, 2.45) is 0 Å². The minimum absolute atomic E-state index is 0.0667. The highest BCUT2D eigenvalue weighted by Crippen LogP contribution is 2.21. The van der Waals surface area contributed by atoms with Crippen molar-refractivity contribution in [3.8, 4) is 23.0 Å². The lowest BCUT2D eigenvalue weighted by molar-refractivity contribution is -0.154. The monoisotopic (exact) mass is 436 g/mol. The van der Waals surface area contributed by atoms with Gasteiger partial charge in [0.25, 0.3) is 0 Å². The zero-order valence-corrected chi connectivity index (χ0v) is 16.5. The second kappa shape index (κ2) is 9.92. The highest BCUT2D eigenvalue weighted by atomic mass is 19.4. The molecule has 0 fully saturated rings. The van der Waals surface area contributed by atoms with Crippen LogP contribution in [0.1, 0.15) is 19.2 Å². The Balaban J connectivity index is 1.47. The number of carbonyl (C=O) groups excluding carboxylic acids is 1. The number of pyridine rings is 1. The highest BCUT2D eigenvalue weighted by molar-refractivity contribution is 5.90. The number of amides is 1. The van der Waals surface area contributed by atoms with Crippen LogP contribution >= 0.6 is 0 Å². The SMILES string of the molecule is CCOc1ccc(-c2noc(CCC(=O)Nc3ccc(OCC(F)(F)F)nc3)n2)cc1.